The predicted molar refractivity (Wildman–Crippen MR) is 38.6 cm³/mol. The molecule has 1 aliphatic carbocycles. The lowest BCUT2D eigenvalue weighted by Gasteiger charge is -2.41. The molecule has 2 nitrogen and oxygen atoms in total. The summed E-state index contributed by atoms with van der Waals surface area (Å²) in [5.41, 5.74) is -0.361. The van der Waals surface area contributed by atoms with Crippen molar-refractivity contribution in [2.24, 2.45) is 11.3 Å². The SMILES string of the molecule is CC(C)[C@]1(CO)CCC1=O. The summed E-state index contributed by atoms with van der Waals surface area (Å²) < 4.78 is 0. The van der Waals surface area contributed by atoms with Crippen molar-refractivity contribution < 1.29 is 9.90 Å². The second kappa shape index (κ2) is 2.35. The third kappa shape index (κ3) is 0.788. The van der Waals surface area contributed by atoms with Crippen LogP contribution >= 0.6 is 0 Å². The first-order valence-corrected chi connectivity index (χ1v) is 3.77. The van der Waals surface area contributed by atoms with Gasteiger partial charge in [0.05, 0.1) is 12.0 Å². The maximum absolute atomic E-state index is 11.1. The summed E-state index contributed by atoms with van der Waals surface area (Å²) in [5.74, 6) is 0.531. The minimum atomic E-state index is -0.361. The number of rotatable bonds is 2. The van der Waals surface area contributed by atoms with E-state index in [0.29, 0.717) is 12.3 Å². The average Bonchev–Trinajstić information content (AvgIpc) is 1.86. The summed E-state index contributed by atoms with van der Waals surface area (Å²) >= 11 is 0. The van der Waals surface area contributed by atoms with Gasteiger partial charge in [-0.15, -0.1) is 0 Å². The maximum Gasteiger partial charge on any atom is 0.141 e. The molecule has 1 atom stereocenters. The van der Waals surface area contributed by atoms with Crippen molar-refractivity contribution >= 4 is 5.78 Å². The third-order valence-corrected chi connectivity index (χ3v) is 2.74. The maximum atomic E-state index is 11.1. The van der Waals surface area contributed by atoms with Gasteiger partial charge in [-0.3, -0.25) is 4.79 Å². The first-order valence-electron chi connectivity index (χ1n) is 3.77. The van der Waals surface area contributed by atoms with Gasteiger partial charge in [0.25, 0.3) is 0 Å². The summed E-state index contributed by atoms with van der Waals surface area (Å²) in [6, 6.07) is 0. The van der Waals surface area contributed by atoms with Gasteiger partial charge < -0.3 is 5.11 Å². The predicted octanol–water partition coefficient (Wildman–Crippen LogP) is 0.984. The van der Waals surface area contributed by atoms with Crippen molar-refractivity contribution in [2.45, 2.75) is 26.7 Å². The fraction of sp³-hybridized carbons (Fsp3) is 0.875. The zero-order valence-electron chi connectivity index (χ0n) is 6.55. The van der Waals surface area contributed by atoms with Gasteiger partial charge in [-0.25, -0.2) is 0 Å². The first-order chi connectivity index (χ1) is 4.63. The van der Waals surface area contributed by atoms with Crippen molar-refractivity contribution in [3.63, 3.8) is 0 Å². The van der Waals surface area contributed by atoms with E-state index in [-0.39, 0.29) is 17.8 Å². The van der Waals surface area contributed by atoms with Gasteiger partial charge in [0.15, 0.2) is 0 Å². The second-order valence-electron chi connectivity index (χ2n) is 3.39. The first kappa shape index (κ1) is 7.73. The molecular weight excluding hydrogens is 128 g/mol. The Morgan fingerprint density at radius 2 is 2.30 bits per heavy atom. The highest BCUT2D eigenvalue weighted by Crippen LogP contribution is 2.42. The van der Waals surface area contributed by atoms with Crippen LogP contribution in [0.25, 0.3) is 0 Å². The molecule has 0 heterocycles. The highest BCUT2D eigenvalue weighted by atomic mass is 16.3. The van der Waals surface area contributed by atoms with E-state index in [9.17, 15) is 4.79 Å². The molecule has 0 aromatic carbocycles. The van der Waals surface area contributed by atoms with E-state index in [4.69, 9.17) is 5.11 Å². The van der Waals surface area contributed by atoms with Crippen LogP contribution in [0.2, 0.25) is 0 Å². The molecule has 1 aliphatic rings. The molecule has 0 bridgehead atoms. The van der Waals surface area contributed by atoms with Crippen LogP contribution in [0.3, 0.4) is 0 Å². The van der Waals surface area contributed by atoms with Crippen LogP contribution in [-0.2, 0) is 4.79 Å². The van der Waals surface area contributed by atoms with Gasteiger partial charge in [0, 0.05) is 6.42 Å². The summed E-state index contributed by atoms with van der Waals surface area (Å²) in [5, 5.41) is 8.96. The number of aliphatic hydroxyl groups is 1. The lowest BCUT2D eigenvalue weighted by atomic mass is 9.61. The van der Waals surface area contributed by atoms with Crippen LogP contribution in [0.4, 0.5) is 0 Å². The van der Waals surface area contributed by atoms with Crippen LogP contribution in [-0.4, -0.2) is 17.5 Å². The number of aliphatic hydroxyl groups excluding tert-OH is 1. The van der Waals surface area contributed by atoms with Crippen LogP contribution in [0, 0.1) is 11.3 Å². The minimum Gasteiger partial charge on any atom is -0.395 e. The fourth-order valence-electron chi connectivity index (χ4n) is 1.51. The molecule has 0 aromatic rings. The zero-order valence-corrected chi connectivity index (χ0v) is 6.55. The second-order valence-corrected chi connectivity index (χ2v) is 3.39. The minimum absolute atomic E-state index is 0.0312. The Morgan fingerprint density at radius 3 is 2.30 bits per heavy atom. The largest absolute Gasteiger partial charge is 0.395 e. The van der Waals surface area contributed by atoms with E-state index < -0.39 is 0 Å². The molecule has 58 valence electrons. The molecular formula is C8H14O2. The Morgan fingerprint density at radius 1 is 1.70 bits per heavy atom. The number of Topliss-reactive ketones (excluding diaryl/α,β-unsaturated/α-hetero) is 1. The molecule has 0 unspecified atom stereocenters. The average molecular weight is 142 g/mol. The van der Waals surface area contributed by atoms with E-state index in [0.717, 1.165) is 6.42 Å². The van der Waals surface area contributed by atoms with Gasteiger partial charge in [0.1, 0.15) is 5.78 Å². The van der Waals surface area contributed by atoms with Crippen molar-refractivity contribution in [1.82, 2.24) is 0 Å². The molecule has 2 heteroatoms. The van der Waals surface area contributed by atoms with E-state index in [1.807, 2.05) is 13.8 Å². The normalized spacial score (nSPS) is 32.6. The van der Waals surface area contributed by atoms with Crippen LogP contribution in [0.5, 0.6) is 0 Å². The topological polar surface area (TPSA) is 37.3 Å². The standard InChI is InChI=1S/C8H14O2/c1-6(2)8(5-9)4-3-7(8)10/h6,9H,3-5H2,1-2H3/t8-/m1/s1. The molecule has 0 radical (unpaired) electrons. The van der Waals surface area contributed by atoms with Crippen molar-refractivity contribution in [3.05, 3.63) is 0 Å². The molecule has 0 aromatic heterocycles. The Balaban J connectivity index is 2.69. The van der Waals surface area contributed by atoms with E-state index in [1.165, 1.54) is 0 Å². The van der Waals surface area contributed by atoms with E-state index in [2.05, 4.69) is 0 Å². The fourth-order valence-corrected chi connectivity index (χ4v) is 1.51. The van der Waals surface area contributed by atoms with Gasteiger partial charge in [-0.1, -0.05) is 13.8 Å². The zero-order chi connectivity index (χ0) is 7.78. The third-order valence-electron chi connectivity index (χ3n) is 2.74. The van der Waals surface area contributed by atoms with Crippen molar-refractivity contribution in [2.75, 3.05) is 6.61 Å². The summed E-state index contributed by atoms with van der Waals surface area (Å²) in [4.78, 5) is 11.1. The Labute approximate surface area is 61.2 Å². The Bertz CT molecular complexity index is 147. The van der Waals surface area contributed by atoms with E-state index >= 15 is 0 Å². The van der Waals surface area contributed by atoms with Gasteiger partial charge >= 0.3 is 0 Å². The highest BCUT2D eigenvalue weighted by Gasteiger charge is 2.47. The monoisotopic (exact) mass is 142 g/mol. The molecule has 0 aliphatic heterocycles. The van der Waals surface area contributed by atoms with Crippen molar-refractivity contribution in [3.8, 4) is 0 Å². The molecule has 1 fully saturated rings. The summed E-state index contributed by atoms with van der Waals surface area (Å²) in [7, 11) is 0. The van der Waals surface area contributed by atoms with E-state index in [1.54, 1.807) is 0 Å². The Kier molecular flexibility index (Phi) is 1.82. The van der Waals surface area contributed by atoms with Crippen LogP contribution in [0.1, 0.15) is 26.7 Å². The highest BCUT2D eigenvalue weighted by molar-refractivity contribution is 5.90. The summed E-state index contributed by atoms with van der Waals surface area (Å²) in [6.07, 6.45) is 1.54. The Hall–Kier alpha value is -0.370. The smallest absolute Gasteiger partial charge is 0.141 e. The van der Waals surface area contributed by atoms with Gasteiger partial charge in [0.2, 0.25) is 0 Å². The van der Waals surface area contributed by atoms with Gasteiger partial charge in [-0.05, 0) is 12.3 Å². The molecule has 10 heavy (non-hydrogen) atoms. The number of hydrogen-bond donors (Lipinski definition) is 1. The van der Waals surface area contributed by atoms with Gasteiger partial charge in [-0.2, -0.15) is 0 Å². The number of carbonyl (C=O) groups is 1. The van der Waals surface area contributed by atoms with Crippen molar-refractivity contribution in [1.29, 1.82) is 0 Å². The summed E-state index contributed by atoms with van der Waals surface area (Å²) in [6.45, 7) is 4.02. The number of carbonyl (C=O) groups excluding carboxylic acids is 1. The van der Waals surface area contributed by atoms with Crippen LogP contribution in [0.15, 0.2) is 0 Å². The molecule has 0 spiro atoms. The van der Waals surface area contributed by atoms with Crippen LogP contribution < -0.4 is 0 Å². The molecule has 0 saturated heterocycles. The molecule has 0 amide bonds. The number of ketones is 1. The molecule has 1 rings (SSSR count). The number of hydrogen-bond acceptors (Lipinski definition) is 2. The quantitative estimate of drug-likeness (QED) is 0.624. The lowest BCUT2D eigenvalue weighted by molar-refractivity contribution is -0.146. The molecule has 1 saturated carbocycles. The molecule has 1 N–H and O–H groups in total. The lowest BCUT2D eigenvalue weighted by Crippen LogP contribution is -2.47.